The normalized spacial score (nSPS) is 20.9. The molecule has 1 saturated heterocycles. The number of nitrogens with one attached hydrogen (secondary N) is 1. The van der Waals surface area contributed by atoms with Gasteiger partial charge in [-0.15, -0.1) is 0 Å². The maximum absolute atomic E-state index is 6.16. The number of nitrogens with two attached hydrogens (primary N) is 1. The van der Waals surface area contributed by atoms with Crippen LogP contribution in [0.2, 0.25) is 0 Å². The molecule has 0 aromatic heterocycles. The Morgan fingerprint density at radius 1 is 1.15 bits per heavy atom. The van der Waals surface area contributed by atoms with Crippen molar-refractivity contribution < 1.29 is 4.74 Å². The van der Waals surface area contributed by atoms with Crippen LogP contribution in [0, 0.1) is 0 Å². The van der Waals surface area contributed by atoms with Crippen molar-refractivity contribution in [1.29, 1.82) is 0 Å². The minimum Gasteiger partial charge on any atom is -0.486 e. The molecule has 4 heteroatoms. The zero-order valence-electron chi connectivity index (χ0n) is 15.6. The van der Waals surface area contributed by atoms with E-state index in [4.69, 9.17) is 10.5 Å². The molecule has 4 rings (SSSR count). The van der Waals surface area contributed by atoms with E-state index < -0.39 is 0 Å². The molecule has 0 saturated carbocycles. The molecular weight excluding hydrogens is 322 g/mol. The van der Waals surface area contributed by atoms with Gasteiger partial charge < -0.3 is 15.8 Å². The molecule has 2 heterocycles. The summed E-state index contributed by atoms with van der Waals surface area (Å²) < 4.78 is 6.01. The topological polar surface area (TPSA) is 50.5 Å². The van der Waals surface area contributed by atoms with Crippen LogP contribution < -0.4 is 15.8 Å². The zero-order valence-corrected chi connectivity index (χ0v) is 15.6. The predicted octanol–water partition coefficient (Wildman–Crippen LogP) is 4.23. The Kier molecular flexibility index (Phi) is 5.02. The first-order valence-corrected chi connectivity index (χ1v) is 9.83. The second-order valence-electron chi connectivity index (χ2n) is 7.54. The summed E-state index contributed by atoms with van der Waals surface area (Å²) in [4.78, 5) is 2.55. The molecule has 1 fully saturated rings. The van der Waals surface area contributed by atoms with E-state index >= 15 is 0 Å². The Hall–Kier alpha value is -2.20. The van der Waals surface area contributed by atoms with E-state index in [1.54, 1.807) is 0 Å². The molecular formula is C22H29N3O. The number of nitrogen functional groups attached to an aromatic ring is 1. The van der Waals surface area contributed by atoms with Crippen LogP contribution in [0.4, 0.5) is 11.4 Å². The largest absolute Gasteiger partial charge is 0.486 e. The lowest BCUT2D eigenvalue weighted by Gasteiger charge is -2.33. The van der Waals surface area contributed by atoms with Gasteiger partial charge >= 0.3 is 0 Å². The molecule has 0 aliphatic carbocycles. The van der Waals surface area contributed by atoms with Crippen molar-refractivity contribution >= 4 is 11.4 Å². The molecule has 4 nitrogen and oxygen atoms in total. The van der Waals surface area contributed by atoms with Gasteiger partial charge in [-0.1, -0.05) is 31.2 Å². The monoisotopic (exact) mass is 351 g/mol. The fourth-order valence-corrected chi connectivity index (χ4v) is 4.13. The summed E-state index contributed by atoms with van der Waals surface area (Å²) in [5, 5.41) is 3.52. The number of para-hydroxylation sites is 1. The molecule has 3 N–H and O–H groups in total. The van der Waals surface area contributed by atoms with E-state index in [1.165, 1.54) is 24.0 Å². The van der Waals surface area contributed by atoms with Crippen LogP contribution in [-0.4, -0.2) is 30.6 Å². The number of fused-ring (bicyclic) bond motifs is 1. The summed E-state index contributed by atoms with van der Waals surface area (Å²) in [7, 11) is 0. The molecule has 26 heavy (non-hydrogen) atoms. The first-order valence-electron chi connectivity index (χ1n) is 9.83. The number of likely N-dealkylation sites (tertiary alicyclic amines) is 1. The van der Waals surface area contributed by atoms with Gasteiger partial charge in [-0.2, -0.15) is 0 Å². The number of piperidine rings is 1. The van der Waals surface area contributed by atoms with Gasteiger partial charge in [-0.25, -0.2) is 0 Å². The van der Waals surface area contributed by atoms with Crippen molar-refractivity contribution in [2.45, 2.75) is 44.8 Å². The number of anilines is 2. The van der Waals surface area contributed by atoms with Gasteiger partial charge in [-0.05, 0) is 67.6 Å². The van der Waals surface area contributed by atoms with Gasteiger partial charge in [0.15, 0.2) is 0 Å². The second kappa shape index (κ2) is 7.58. The fourth-order valence-electron chi connectivity index (χ4n) is 4.13. The molecule has 0 radical (unpaired) electrons. The molecule has 0 spiro atoms. The smallest absolute Gasteiger partial charge is 0.142 e. The molecule has 2 aliphatic heterocycles. The fraction of sp³-hybridized carbons (Fsp3) is 0.455. The minimum atomic E-state index is 0.290. The Morgan fingerprint density at radius 3 is 2.73 bits per heavy atom. The number of hydrogen-bond acceptors (Lipinski definition) is 4. The van der Waals surface area contributed by atoms with Crippen molar-refractivity contribution in [1.82, 2.24) is 4.90 Å². The zero-order chi connectivity index (χ0) is 17.9. The first-order chi connectivity index (χ1) is 12.7. The molecule has 2 aromatic rings. The Morgan fingerprint density at radius 2 is 1.96 bits per heavy atom. The van der Waals surface area contributed by atoms with Crippen LogP contribution in [-0.2, 0) is 6.54 Å². The maximum Gasteiger partial charge on any atom is 0.142 e. The van der Waals surface area contributed by atoms with Gasteiger partial charge in [0.25, 0.3) is 0 Å². The standard InChI is InChI=1S/C22H29N3O/c1-2-18-14-24-21-13-16(7-8-22(21)26-18)15-25-11-9-17(10-12-25)19-5-3-4-6-20(19)23/h3-8,13,17-18,24H,2,9-12,14-15,23H2,1H3. The van der Waals surface area contributed by atoms with E-state index in [-0.39, 0.29) is 6.10 Å². The SMILES string of the molecule is CCC1CNc2cc(CN3CCC(c4ccccc4N)CC3)ccc2O1. The van der Waals surface area contributed by atoms with E-state index in [2.05, 4.69) is 47.5 Å². The summed E-state index contributed by atoms with van der Waals surface area (Å²) in [6, 6.07) is 14.9. The average molecular weight is 351 g/mol. The summed E-state index contributed by atoms with van der Waals surface area (Å²) >= 11 is 0. The van der Waals surface area contributed by atoms with E-state index in [0.29, 0.717) is 5.92 Å². The summed E-state index contributed by atoms with van der Waals surface area (Å²) in [6.07, 6.45) is 3.68. The molecule has 2 aromatic carbocycles. The Balaban J connectivity index is 1.36. The minimum absolute atomic E-state index is 0.290. The van der Waals surface area contributed by atoms with E-state index in [9.17, 15) is 0 Å². The number of rotatable bonds is 4. The highest BCUT2D eigenvalue weighted by atomic mass is 16.5. The van der Waals surface area contributed by atoms with Gasteiger partial charge in [0.2, 0.25) is 0 Å². The lowest BCUT2D eigenvalue weighted by molar-refractivity contribution is 0.199. The summed E-state index contributed by atoms with van der Waals surface area (Å²) in [5.74, 6) is 1.59. The maximum atomic E-state index is 6.16. The number of hydrogen-bond donors (Lipinski definition) is 2. The number of benzene rings is 2. The summed E-state index contributed by atoms with van der Waals surface area (Å²) in [5.41, 5.74) is 10.9. The molecule has 1 atom stereocenters. The number of ether oxygens (including phenoxy) is 1. The van der Waals surface area contributed by atoms with Crippen molar-refractivity contribution in [2.24, 2.45) is 0 Å². The molecule has 138 valence electrons. The molecule has 0 amide bonds. The van der Waals surface area contributed by atoms with Gasteiger partial charge in [0.05, 0.1) is 12.2 Å². The van der Waals surface area contributed by atoms with Gasteiger partial charge in [0.1, 0.15) is 11.9 Å². The third-order valence-corrected chi connectivity index (χ3v) is 5.74. The average Bonchev–Trinajstić information content (AvgIpc) is 2.69. The van der Waals surface area contributed by atoms with Crippen LogP contribution in [0.5, 0.6) is 5.75 Å². The Bertz CT molecular complexity index is 753. The lowest BCUT2D eigenvalue weighted by Crippen LogP contribution is -2.33. The lowest BCUT2D eigenvalue weighted by atomic mass is 9.88. The van der Waals surface area contributed by atoms with Crippen molar-refractivity contribution in [3.8, 4) is 5.75 Å². The van der Waals surface area contributed by atoms with E-state index in [0.717, 1.165) is 49.7 Å². The highest BCUT2D eigenvalue weighted by Gasteiger charge is 2.23. The van der Waals surface area contributed by atoms with Crippen LogP contribution in [0.3, 0.4) is 0 Å². The molecule has 1 unspecified atom stereocenters. The van der Waals surface area contributed by atoms with Crippen LogP contribution in [0.1, 0.15) is 43.2 Å². The van der Waals surface area contributed by atoms with Gasteiger partial charge in [0, 0.05) is 12.2 Å². The highest BCUT2D eigenvalue weighted by molar-refractivity contribution is 5.59. The summed E-state index contributed by atoms with van der Waals surface area (Å²) in [6.45, 7) is 6.31. The van der Waals surface area contributed by atoms with Crippen LogP contribution >= 0.6 is 0 Å². The van der Waals surface area contributed by atoms with Crippen molar-refractivity contribution in [3.05, 3.63) is 53.6 Å². The van der Waals surface area contributed by atoms with Crippen molar-refractivity contribution in [2.75, 3.05) is 30.7 Å². The third-order valence-electron chi connectivity index (χ3n) is 5.74. The quantitative estimate of drug-likeness (QED) is 0.809. The predicted molar refractivity (Wildman–Crippen MR) is 108 cm³/mol. The molecule has 2 aliphatic rings. The highest BCUT2D eigenvalue weighted by Crippen LogP contribution is 2.34. The van der Waals surface area contributed by atoms with Gasteiger partial charge in [-0.3, -0.25) is 4.90 Å². The number of nitrogens with zero attached hydrogens (tertiary/aromatic N) is 1. The first kappa shape index (κ1) is 17.2. The van der Waals surface area contributed by atoms with E-state index in [1.807, 2.05) is 12.1 Å². The second-order valence-corrected chi connectivity index (χ2v) is 7.54. The van der Waals surface area contributed by atoms with Crippen LogP contribution in [0.25, 0.3) is 0 Å². The molecule has 0 bridgehead atoms. The third kappa shape index (κ3) is 3.65. The van der Waals surface area contributed by atoms with Crippen molar-refractivity contribution in [3.63, 3.8) is 0 Å². The Labute approximate surface area is 156 Å². The van der Waals surface area contributed by atoms with Crippen LogP contribution in [0.15, 0.2) is 42.5 Å².